The molecule has 0 aromatic rings. The minimum atomic E-state index is 0.243. The Morgan fingerprint density at radius 2 is 1.83 bits per heavy atom. The van der Waals surface area contributed by atoms with E-state index in [1.54, 1.807) is 0 Å². The first-order valence-corrected chi connectivity index (χ1v) is 7.77. The maximum absolute atomic E-state index is 6.10. The van der Waals surface area contributed by atoms with Crippen molar-refractivity contribution in [3.63, 3.8) is 0 Å². The second-order valence-corrected chi connectivity index (χ2v) is 6.50. The molecule has 0 radical (unpaired) electrons. The molecule has 3 fully saturated rings. The fraction of sp³-hybridized carbons (Fsp3) is 1.00. The van der Waals surface area contributed by atoms with Crippen LogP contribution in [0, 0.1) is 0 Å². The van der Waals surface area contributed by atoms with Crippen LogP contribution in [-0.4, -0.2) is 37.0 Å². The van der Waals surface area contributed by atoms with E-state index >= 15 is 0 Å². The highest BCUT2D eigenvalue weighted by atomic mass is 16.5. The minimum absolute atomic E-state index is 0.243. The highest BCUT2D eigenvalue weighted by Gasteiger charge is 2.40. The van der Waals surface area contributed by atoms with Crippen molar-refractivity contribution in [1.29, 1.82) is 0 Å². The van der Waals surface area contributed by atoms with Gasteiger partial charge in [-0.2, -0.15) is 0 Å². The third-order valence-electron chi connectivity index (χ3n) is 4.96. The summed E-state index contributed by atoms with van der Waals surface area (Å²) in [4.78, 5) is 0. The summed E-state index contributed by atoms with van der Waals surface area (Å²) in [5.74, 6) is 0. The molecule has 3 atom stereocenters. The van der Waals surface area contributed by atoms with Gasteiger partial charge in [0.2, 0.25) is 0 Å². The van der Waals surface area contributed by atoms with Crippen LogP contribution in [0.2, 0.25) is 0 Å². The molecular formula is C15H27NO2. The van der Waals surface area contributed by atoms with Crippen LogP contribution in [0.4, 0.5) is 0 Å². The first-order valence-electron chi connectivity index (χ1n) is 7.77. The van der Waals surface area contributed by atoms with E-state index in [1.165, 1.54) is 51.4 Å². The molecule has 0 amide bonds. The van der Waals surface area contributed by atoms with E-state index in [-0.39, 0.29) is 5.60 Å². The number of nitrogens with one attached hydrogen (secondary N) is 1. The normalized spacial score (nSPS) is 40.2. The van der Waals surface area contributed by atoms with Crippen molar-refractivity contribution in [3.05, 3.63) is 0 Å². The van der Waals surface area contributed by atoms with Gasteiger partial charge in [-0.25, -0.2) is 0 Å². The second kappa shape index (κ2) is 5.48. The fourth-order valence-electron chi connectivity index (χ4n) is 4.02. The monoisotopic (exact) mass is 253 g/mol. The molecule has 3 unspecified atom stereocenters. The molecule has 0 bridgehead atoms. The van der Waals surface area contributed by atoms with Crippen molar-refractivity contribution >= 4 is 0 Å². The summed E-state index contributed by atoms with van der Waals surface area (Å²) >= 11 is 0. The Morgan fingerprint density at radius 3 is 2.61 bits per heavy atom. The number of hydrogen-bond donors (Lipinski definition) is 1. The molecular weight excluding hydrogens is 226 g/mol. The van der Waals surface area contributed by atoms with Crippen LogP contribution in [0.3, 0.4) is 0 Å². The largest absolute Gasteiger partial charge is 0.378 e. The predicted octanol–water partition coefficient (Wildman–Crippen LogP) is 2.64. The SMILES string of the molecule is CC1CC(NC2CCOC3(CCCC3)C2)CCO1. The Kier molecular flexibility index (Phi) is 3.92. The summed E-state index contributed by atoms with van der Waals surface area (Å²) < 4.78 is 11.7. The summed E-state index contributed by atoms with van der Waals surface area (Å²) in [7, 11) is 0. The van der Waals surface area contributed by atoms with Crippen LogP contribution in [0.5, 0.6) is 0 Å². The van der Waals surface area contributed by atoms with Gasteiger partial charge < -0.3 is 14.8 Å². The lowest BCUT2D eigenvalue weighted by Crippen LogP contribution is -2.50. The summed E-state index contributed by atoms with van der Waals surface area (Å²) in [5, 5.41) is 3.88. The molecule has 1 N–H and O–H groups in total. The maximum Gasteiger partial charge on any atom is 0.0697 e. The van der Waals surface area contributed by atoms with Crippen molar-refractivity contribution in [2.75, 3.05) is 13.2 Å². The van der Waals surface area contributed by atoms with Gasteiger partial charge in [-0.1, -0.05) is 12.8 Å². The zero-order chi connectivity index (χ0) is 12.4. The van der Waals surface area contributed by atoms with E-state index in [9.17, 15) is 0 Å². The van der Waals surface area contributed by atoms with Gasteiger partial charge in [-0.3, -0.25) is 0 Å². The fourth-order valence-corrected chi connectivity index (χ4v) is 4.02. The van der Waals surface area contributed by atoms with Gasteiger partial charge >= 0.3 is 0 Å². The minimum Gasteiger partial charge on any atom is -0.378 e. The molecule has 3 rings (SSSR count). The quantitative estimate of drug-likeness (QED) is 0.820. The van der Waals surface area contributed by atoms with Crippen LogP contribution in [0.15, 0.2) is 0 Å². The summed E-state index contributed by atoms with van der Waals surface area (Å²) in [6, 6.07) is 1.34. The van der Waals surface area contributed by atoms with Gasteiger partial charge in [0.25, 0.3) is 0 Å². The molecule has 18 heavy (non-hydrogen) atoms. The van der Waals surface area contributed by atoms with Crippen LogP contribution >= 0.6 is 0 Å². The molecule has 3 aliphatic rings. The molecule has 2 saturated heterocycles. The zero-order valence-electron chi connectivity index (χ0n) is 11.6. The first-order chi connectivity index (χ1) is 8.76. The lowest BCUT2D eigenvalue weighted by Gasteiger charge is -2.41. The van der Waals surface area contributed by atoms with Crippen molar-refractivity contribution in [2.24, 2.45) is 0 Å². The number of ether oxygens (including phenoxy) is 2. The number of rotatable bonds is 2. The van der Waals surface area contributed by atoms with Crippen molar-refractivity contribution in [1.82, 2.24) is 5.32 Å². The molecule has 1 saturated carbocycles. The van der Waals surface area contributed by atoms with Crippen LogP contribution < -0.4 is 5.32 Å². The standard InChI is InChI=1S/C15H27NO2/c1-12-10-13(4-8-17-12)16-14-5-9-18-15(11-14)6-2-3-7-15/h12-14,16H,2-11H2,1H3. The van der Waals surface area contributed by atoms with Crippen LogP contribution in [0.25, 0.3) is 0 Å². The second-order valence-electron chi connectivity index (χ2n) is 6.50. The summed E-state index contributed by atoms with van der Waals surface area (Å²) in [6.07, 6.45) is 10.5. The Morgan fingerprint density at radius 1 is 1.06 bits per heavy atom. The highest BCUT2D eigenvalue weighted by Crippen LogP contribution is 2.40. The Labute approximate surface area is 111 Å². The Hall–Kier alpha value is -0.120. The molecule has 0 aromatic heterocycles. The van der Waals surface area contributed by atoms with E-state index in [0.717, 1.165) is 13.2 Å². The third-order valence-corrected chi connectivity index (χ3v) is 4.96. The van der Waals surface area contributed by atoms with Crippen LogP contribution in [-0.2, 0) is 9.47 Å². The molecule has 3 nitrogen and oxygen atoms in total. The molecule has 104 valence electrons. The maximum atomic E-state index is 6.10. The van der Waals surface area contributed by atoms with Crippen molar-refractivity contribution in [2.45, 2.75) is 82.1 Å². The van der Waals surface area contributed by atoms with Gasteiger partial charge in [-0.05, 0) is 45.4 Å². The molecule has 0 aromatic carbocycles. The van der Waals surface area contributed by atoms with E-state index < -0.39 is 0 Å². The average Bonchev–Trinajstić information content (AvgIpc) is 2.77. The Bertz CT molecular complexity index is 276. The van der Waals surface area contributed by atoms with E-state index in [2.05, 4.69) is 12.2 Å². The van der Waals surface area contributed by atoms with Gasteiger partial charge in [0.05, 0.1) is 11.7 Å². The van der Waals surface area contributed by atoms with Gasteiger partial charge in [0, 0.05) is 25.3 Å². The summed E-state index contributed by atoms with van der Waals surface area (Å²) in [5.41, 5.74) is 0.243. The van der Waals surface area contributed by atoms with E-state index in [0.29, 0.717) is 18.2 Å². The lowest BCUT2D eigenvalue weighted by atomic mass is 9.88. The highest BCUT2D eigenvalue weighted by molar-refractivity contribution is 4.94. The van der Waals surface area contributed by atoms with Gasteiger partial charge in [0.1, 0.15) is 0 Å². The van der Waals surface area contributed by atoms with E-state index in [1.807, 2.05) is 0 Å². The van der Waals surface area contributed by atoms with Crippen molar-refractivity contribution < 1.29 is 9.47 Å². The third kappa shape index (κ3) is 2.89. The molecule has 2 heterocycles. The molecule has 3 heteroatoms. The average molecular weight is 253 g/mol. The van der Waals surface area contributed by atoms with Gasteiger partial charge in [0.15, 0.2) is 0 Å². The molecule has 1 spiro atoms. The Balaban J connectivity index is 1.52. The lowest BCUT2D eigenvalue weighted by molar-refractivity contribution is -0.0870. The first kappa shape index (κ1) is 12.9. The number of hydrogen-bond acceptors (Lipinski definition) is 3. The van der Waals surface area contributed by atoms with Gasteiger partial charge in [-0.15, -0.1) is 0 Å². The predicted molar refractivity (Wildman–Crippen MR) is 71.7 cm³/mol. The van der Waals surface area contributed by atoms with Crippen LogP contribution in [0.1, 0.15) is 58.3 Å². The zero-order valence-corrected chi connectivity index (χ0v) is 11.6. The molecule has 1 aliphatic carbocycles. The topological polar surface area (TPSA) is 30.5 Å². The molecule has 2 aliphatic heterocycles. The smallest absolute Gasteiger partial charge is 0.0697 e. The van der Waals surface area contributed by atoms with Crippen molar-refractivity contribution in [3.8, 4) is 0 Å². The summed E-state index contributed by atoms with van der Waals surface area (Å²) in [6.45, 7) is 4.07. The van der Waals surface area contributed by atoms with E-state index in [4.69, 9.17) is 9.47 Å².